The average molecular weight is 304 g/mol. The third-order valence-corrected chi connectivity index (χ3v) is 4.81. The molecule has 120 valence electrons. The van der Waals surface area contributed by atoms with Crippen LogP contribution < -0.4 is 15.6 Å². The Bertz CT molecular complexity index is 615. The Morgan fingerprint density at radius 3 is 2.73 bits per heavy atom. The number of methoxy groups -OCH3 is 1. The molecule has 1 saturated carbocycles. The Labute approximate surface area is 130 Å². The smallest absolute Gasteiger partial charge is 0.257 e. The van der Waals surface area contributed by atoms with E-state index in [1.54, 1.807) is 4.57 Å². The van der Waals surface area contributed by atoms with Crippen LogP contribution in [0, 0.1) is 0 Å². The molecule has 3 rings (SSSR count). The lowest BCUT2D eigenvalue weighted by Crippen LogP contribution is -2.35. The maximum Gasteiger partial charge on any atom is 0.257 e. The number of nitrogens with zero attached hydrogens (tertiary/aromatic N) is 1. The van der Waals surface area contributed by atoms with Crippen LogP contribution in [-0.2, 0) is 13.0 Å². The Balaban J connectivity index is 2.00. The Morgan fingerprint density at radius 1 is 1.23 bits per heavy atom. The minimum Gasteiger partial charge on any atom is -0.496 e. The van der Waals surface area contributed by atoms with Gasteiger partial charge < -0.3 is 14.6 Å². The van der Waals surface area contributed by atoms with E-state index in [1.807, 2.05) is 0 Å². The predicted octanol–water partition coefficient (Wildman–Crippen LogP) is 2.26. The number of nitrogens with one attached hydrogen (secondary N) is 1. The zero-order chi connectivity index (χ0) is 15.5. The molecule has 0 radical (unpaired) electrons. The van der Waals surface area contributed by atoms with E-state index in [2.05, 4.69) is 5.32 Å². The molecule has 1 aliphatic heterocycles. The molecule has 22 heavy (non-hydrogen) atoms. The van der Waals surface area contributed by atoms with Crippen LogP contribution in [-0.4, -0.2) is 23.6 Å². The maximum atomic E-state index is 12.8. The molecule has 5 nitrogen and oxygen atoms in total. The summed E-state index contributed by atoms with van der Waals surface area (Å²) in [7, 11) is 1.52. The maximum absolute atomic E-state index is 12.8. The van der Waals surface area contributed by atoms with Crippen molar-refractivity contribution in [1.82, 2.24) is 9.88 Å². The van der Waals surface area contributed by atoms with Gasteiger partial charge in [-0.1, -0.05) is 19.3 Å². The van der Waals surface area contributed by atoms with Gasteiger partial charge in [-0.15, -0.1) is 0 Å². The lowest BCUT2D eigenvalue weighted by Gasteiger charge is -2.19. The van der Waals surface area contributed by atoms with E-state index in [-0.39, 0.29) is 17.5 Å². The number of hydrogen-bond donors (Lipinski definition) is 1. The fourth-order valence-electron chi connectivity index (χ4n) is 3.65. The number of pyridine rings is 1. The monoisotopic (exact) mass is 304 g/mol. The van der Waals surface area contributed by atoms with Gasteiger partial charge in [0.1, 0.15) is 11.3 Å². The summed E-state index contributed by atoms with van der Waals surface area (Å²) in [6.07, 6.45) is 8.29. The normalized spacial score (nSPS) is 18.6. The second-order valence-corrected chi connectivity index (χ2v) is 6.29. The highest BCUT2D eigenvalue weighted by Gasteiger charge is 2.26. The van der Waals surface area contributed by atoms with Gasteiger partial charge in [-0.3, -0.25) is 9.59 Å². The lowest BCUT2D eigenvalue weighted by molar-refractivity contribution is 0.0932. The summed E-state index contributed by atoms with van der Waals surface area (Å²) in [5.41, 5.74) is 1.35. The van der Waals surface area contributed by atoms with E-state index >= 15 is 0 Å². The number of carbonyl (C=O) groups excluding carboxylic acids is 1. The first-order valence-corrected chi connectivity index (χ1v) is 8.32. The van der Waals surface area contributed by atoms with Crippen LogP contribution in [0.15, 0.2) is 10.9 Å². The largest absolute Gasteiger partial charge is 0.496 e. The van der Waals surface area contributed by atoms with Crippen LogP contribution in [0.4, 0.5) is 0 Å². The minimum absolute atomic E-state index is 0.0637. The SMILES string of the molecule is COc1cc(=O)n2c(c1C(=O)NC1CCCC1)CCCCC2. The number of ether oxygens (including phenoxy) is 1. The molecule has 1 N–H and O–H groups in total. The van der Waals surface area contributed by atoms with Crippen LogP contribution in [0.3, 0.4) is 0 Å². The number of amides is 1. The molecule has 1 aliphatic carbocycles. The molecule has 1 aromatic rings. The summed E-state index contributed by atoms with van der Waals surface area (Å²) in [6.45, 7) is 0.696. The number of carbonyl (C=O) groups is 1. The lowest BCUT2D eigenvalue weighted by atomic mass is 10.1. The topological polar surface area (TPSA) is 60.3 Å². The molecule has 0 saturated heterocycles. The molecular formula is C17H24N2O3. The molecule has 2 heterocycles. The van der Waals surface area contributed by atoms with Gasteiger partial charge in [0.25, 0.3) is 11.5 Å². The highest BCUT2D eigenvalue weighted by molar-refractivity contribution is 5.98. The van der Waals surface area contributed by atoms with Gasteiger partial charge in [0, 0.05) is 24.3 Å². The highest BCUT2D eigenvalue weighted by Crippen LogP contribution is 2.26. The van der Waals surface area contributed by atoms with Crippen molar-refractivity contribution in [3.05, 3.63) is 27.7 Å². The van der Waals surface area contributed by atoms with Crippen molar-refractivity contribution in [2.45, 2.75) is 64.0 Å². The van der Waals surface area contributed by atoms with Crippen molar-refractivity contribution in [2.24, 2.45) is 0 Å². The minimum atomic E-state index is -0.0885. The van der Waals surface area contributed by atoms with E-state index in [9.17, 15) is 9.59 Å². The first-order chi connectivity index (χ1) is 10.7. The van der Waals surface area contributed by atoms with Gasteiger partial charge in [0.15, 0.2) is 0 Å². The Hall–Kier alpha value is -1.78. The molecule has 2 aliphatic rings. The molecule has 0 bridgehead atoms. The Morgan fingerprint density at radius 2 is 2.00 bits per heavy atom. The second kappa shape index (κ2) is 6.55. The van der Waals surface area contributed by atoms with Gasteiger partial charge in [-0.25, -0.2) is 0 Å². The fourth-order valence-corrected chi connectivity index (χ4v) is 3.65. The van der Waals surface area contributed by atoms with Crippen molar-refractivity contribution in [1.29, 1.82) is 0 Å². The zero-order valence-electron chi connectivity index (χ0n) is 13.2. The third kappa shape index (κ3) is 2.89. The van der Waals surface area contributed by atoms with Crippen molar-refractivity contribution < 1.29 is 9.53 Å². The van der Waals surface area contributed by atoms with E-state index in [0.29, 0.717) is 17.9 Å². The quantitative estimate of drug-likeness (QED) is 0.932. The fraction of sp³-hybridized carbons (Fsp3) is 0.647. The van der Waals surface area contributed by atoms with E-state index in [4.69, 9.17) is 4.74 Å². The van der Waals surface area contributed by atoms with Gasteiger partial charge in [0.05, 0.1) is 7.11 Å². The molecule has 0 spiro atoms. The van der Waals surface area contributed by atoms with Crippen LogP contribution in [0.2, 0.25) is 0 Å². The summed E-state index contributed by atoms with van der Waals surface area (Å²) in [4.78, 5) is 25.0. The highest BCUT2D eigenvalue weighted by atomic mass is 16.5. The van der Waals surface area contributed by atoms with E-state index in [0.717, 1.165) is 44.2 Å². The van der Waals surface area contributed by atoms with Crippen molar-refractivity contribution in [2.75, 3.05) is 7.11 Å². The molecule has 0 atom stereocenters. The van der Waals surface area contributed by atoms with Gasteiger partial charge in [-0.2, -0.15) is 0 Å². The van der Waals surface area contributed by atoms with Gasteiger partial charge in [0.2, 0.25) is 0 Å². The Kier molecular flexibility index (Phi) is 4.50. The number of fused-ring (bicyclic) bond motifs is 1. The van der Waals surface area contributed by atoms with Crippen molar-refractivity contribution >= 4 is 5.91 Å². The van der Waals surface area contributed by atoms with Crippen LogP contribution in [0.5, 0.6) is 5.75 Å². The van der Waals surface area contributed by atoms with E-state index < -0.39 is 0 Å². The zero-order valence-corrected chi connectivity index (χ0v) is 13.2. The average Bonchev–Trinajstić information content (AvgIpc) is 2.88. The van der Waals surface area contributed by atoms with Crippen LogP contribution in [0.25, 0.3) is 0 Å². The summed E-state index contributed by atoms with van der Waals surface area (Å²) in [6, 6.07) is 1.72. The molecule has 1 amide bonds. The molecule has 1 aromatic heterocycles. The summed E-state index contributed by atoms with van der Waals surface area (Å²) in [5, 5.41) is 3.13. The van der Waals surface area contributed by atoms with Gasteiger partial charge in [-0.05, 0) is 32.1 Å². The van der Waals surface area contributed by atoms with Crippen molar-refractivity contribution in [3.8, 4) is 5.75 Å². The predicted molar refractivity (Wildman–Crippen MR) is 84.5 cm³/mol. The van der Waals surface area contributed by atoms with Crippen LogP contribution >= 0.6 is 0 Å². The molecular weight excluding hydrogens is 280 g/mol. The summed E-state index contributed by atoms with van der Waals surface area (Å²) in [5.74, 6) is 0.322. The number of aromatic nitrogens is 1. The first-order valence-electron chi connectivity index (χ1n) is 8.32. The van der Waals surface area contributed by atoms with Gasteiger partial charge >= 0.3 is 0 Å². The molecule has 0 unspecified atom stereocenters. The molecule has 5 heteroatoms. The molecule has 0 aromatic carbocycles. The van der Waals surface area contributed by atoms with E-state index in [1.165, 1.54) is 26.0 Å². The first kappa shape index (κ1) is 15.1. The summed E-state index contributed by atoms with van der Waals surface area (Å²) >= 11 is 0. The third-order valence-electron chi connectivity index (χ3n) is 4.81. The summed E-state index contributed by atoms with van der Waals surface area (Å²) < 4.78 is 7.11. The van der Waals surface area contributed by atoms with Crippen molar-refractivity contribution in [3.63, 3.8) is 0 Å². The number of rotatable bonds is 3. The standard InChI is InChI=1S/C17H24N2O3/c1-22-14-11-15(20)19-10-6-2-3-9-13(19)16(14)17(21)18-12-7-4-5-8-12/h11-12H,2-10H2,1H3,(H,18,21). The van der Waals surface area contributed by atoms with Crippen LogP contribution in [0.1, 0.15) is 61.0 Å². The second-order valence-electron chi connectivity index (χ2n) is 6.29. The molecule has 1 fully saturated rings. The number of hydrogen-bond acceptors (Lipinski definition) is 3.